The number of hydrogen-bond acceptors (Lipinski definition) is 8. The summed E-state index contributed by atoms with van der Waals surface area (Å²) < 4.78 is 34.1. The first-order chi connectivity index (χ1) is 36.0. The zero-order valence-corrected chi connectivity index (χ0v) is 49.4. The third-order valence-electron chi connectivity index (χ3n) is 12.9. The van der Waals surface area contributed by atoms with Crippen LogP contribution in [0.25, 0.3) is 0 Å². The molecule has 0 fully saturated rings. The Kier molecular flexibility index (Phi) is 52.9. The van der Waals surface area contributed by atoms with Crippen LogP contribution in [0.15, 0.2) is 85.1 Å². The number of ether oxygens (including phenoxy) is 2. The number of carbonyl (C=O) groups excluding carboxylic acids is 2. The summed E-state index contributed by atoms with van der Waals surface area (Å²) in [5.41, 5.74) is 0. The van der Waals surface area contributed by atoms with Crippen molar-refractivity contribution in [1.82, 2.24) is 0 Å². The van der Waals surface area contributed by atoms with E-state index in [0.717, 1.165) is 83.5 Å². The standard InChI is InChI=1S/C64H114NO8P/c1-6-8-10-12-14-16-18-20-22-24-25-26-27-28-29-30-31-32-33-34-35-36-37-38-39-41-42-44-46-48-50-52-54-56-63(66)70-60-62(61-72-74(68,69)71-59-58-65(3,4)5)73-64(67)57-55-53-51-49-47-45-43-40-23-21-19-17-15-13-11-9-7-2/h9,11,15,17-18,20-21,23-25,27-28,43,45,62H,6-8,10,12-14,16,19,22,26,29-42,44,46-61H2,1-5H3/b11-9-,17-15-,20-18-,23-21-,25-24-,28-27-,45-43-. The number of phosphoric acid groups is 1. The number of likely N-dealkylation sites (N-methyl/N-ethyl adjacent to an activating group) is 1. The molecule has 10 heteroatoms. The van der Waals surface area contributed by atoms with E-state index in [1.165, 1.54) is 141 Å². The summed E-state index contributed by atoms with van der Waals surface area (Å²) in [6.07, 6.45) is 73.6. The van der Waals surface area contributed by atoms with Crippen LogP contribution in [-0.2, 0) is 32.7 Å². The number of unbranched alkanes of at least 4 members (excludes halogenated alkanes) is 27. The monoisotopic (exact) mass is 1060 g/mol. The molecule has 0 aliphatic carbocycles. The summed E-state index contributed by atoms with van der Waals surface area (Å²) in [5.74, 6) is -0.859. The summed E-state index contributed by atoms with van der Waals surface area (Å²) in [4.78, 5) is 37.8. The molecule has 0 saturated carbocycles. The summed E-state index contributed by atoms with van der Waals surface area (Å²) >= 11 is 0. The minimum absolute atomic E-state index is 0.0387. The van der Waals surface area contributed by atoms with Crippen molar-refractivity contribution in [1.29, 1.82) is 0 Å². The lowest BCUT2D eigenvalue weighted by Crippen LogP contribution is -2.37. The number of quaternary nitrogens is 1. The Bertz CT molecular complexity index is 1520. The van der Waals surface area contributed by atoms with Gasteiger partial charge in [0.1, 0.15) is 19.8 Å². The summed E-state index contributed by atoms with van der Waals surface area (Å²) in [7, 11) is 1.14. The van der Waals surface area contributed by atoms with Gasteiger partial charge >= 0.3 is 11.9 Å². The molecule has 0 bridgehead atoms. The molecule has 0 rings (SSSR count). The number of hydrogen-bond donors (Lipinski definition) is 0. The van der Waals surface area contributed by atoms with E-state index >= 15 is 0 Å². The Labute approximate surface area is 456 Å². The number of rotatable bonds is 55. The van der Waals surface area contributed by atoms with Gasteiger partial charge in [-0.05, 0) is 89.9 Å². The van der Waals surface area contributed by atoms with Gasteiger partial charge in [-0.25, -0.2) is 0 Å². The Morgan fingerprint density at radius 2 is 0.770 bits per heavy atom. The summed E-state index contributed by atoms with van der Waals surface area (Å²) in [6, 6.07) is 0. The number of esters is 2. The molecular weight excluding hydrogens is 942 g/mol. The lowest BCUT2D eigenvalue weighted by Gasteiger charge is -2.28. The van der Waals surface area contributed by atoms with Crippen molar-refractivity contribution in [3.8, 4) is 0 Å². The Morgan fingerprint density at radius 1 is 0.432 bits per heavy atom. The van der Waals surface area contributed by atoms with Crippen LogP contribution in [0.5, 0.6) is 0 Å². The first kappa shape index (κ1) is 71.2. The van der Waals surface area contributed by atoms with Crippen LogP contribution in [0.2, 0.25) is 0 Å². The van der Waals surface area contributed by atoms with Crippen molar-refractivity contribution in [3.05, 3.63) is 85.1 Å². The molecule has 74 heavy (non-hydrogen) atoms. The minimum atomic E-state index is -4.65. The number of nitrogens with zero attached hydrogens (tertiary/aromatic N) is 1. The molecule has 0 spiro atoms. The molecule has 0 amide bonds. The van der Waals surface area contributed by atoms with Gasteiger partial charge < -0.3 is 27.9 Å². The fourth-order valence-electron chi connectivity index (χ4n) is 8.24. The molecule has 9 nitrogen and oxygen atoms in total. The smallest absolute Gasteiger partial charge is 0.306 e. The third kappa shape index (κ3) is 58.5. The maximum atomic E-state index is 12.8. The highest BCUT2D eigenvalue weighted by molar-refractivity contribution is 7.45. The quantitative estimate of drug-likeness (QED) is 0.0195. The van der Waals surface area contributed by atoms with Gasteiger partial charge in [-0.1, -0.05) is 240 Å². The van der Waals surface area contributed by atoms with Gasteiger partial charge in [0.25, 0.3) is 7.82 Å². The van der Waals surface area contributed by atoms with Crippen LogP contribution < -0.4 is 4.89 Å². The highest BCUT2D eigenvalue weighted by Crippen LogP contribution is 2.38. The van der Waals surface area contributed by atoms with Crippen molar-refractivity contribution < 1.29 is 42.1 Å². The van der Waals surface area contributed by atoms with Crippen LogP contribution in [0.1, 0.15) is 258 Å². The average molecular weight is 1060 g/mol. The van der Waals surface area contributed by atoms with Gasteiger partial charge in [0.2, 0.25) is 0 Å². The first-order valence-corrected chi connectivity index (χ1v) is 31.8. The molecular formula is C64H114NO8P. The van der Waals surface area contributed by atoms with E-state index < -0.39 is 26.5 Å². The molecule has 0 aliphatic rings. The van der Waals surface area contributed by atoms with E-state index in [-0.39, 0.29) is 32.0 Å². The van der Waals surface area contributed by atoms with E-state index in [0.29, 0.717) is 17.4 Å². The zero-order valence-electron chi connectivity index (χ0n) is 48.5. The first-order valence-electron chi connectivity index (χ1n) is 30.3. The number of allylic oxidation sites excluding steroid dienone is 14. The van der Waals surface area contributed by atoms with Crippen LogP contribution in [0.4, 0.5) is 0 Å². The fraction of sp³-hybridized carbons (Fsp3) is 0.750. The van der Waals surface area contributed by atoms with Crippen molar-refractivity contribution >= 4 is 19.8 Å². The largest absolute Gasteiger partial charge is 0.756 e. The molecule has 428 valence electrons. The SMILES string of the molecule is CC/C=C\C/C=C\C/C=C\C/C=C\CCCCCCC(=O)OC(COC(=O)CCCCCCCCCCCCCCCCCCCC/C=C\C/C=C\C/C=C\CCCCCCC)COP(=O)([O-])OCC[N+](C)(C)C. The van der Waals surface area contributed by atoms with Gasteiger partial charge in [0.05, 0.1) is 27.7 Å². The van der Waals surface area contributed by atoms with Crippen LogP contribution >= 0.6 is 7.82 Å². The summed E-state index contributed by atoms with van der Waals surface area (Å²) in [5, 5.41) is 0. The topological polar surface area (TPSA) is 111 Å². The second kappa shape index (κ2) is 55.0. The van der Waals surface area contributed by atoms with Crippen molar-refractivity contribution in [2.75, 3.05) is 47.5 Å². The molecule has 0 saturated heterocycles. The second-order valence-corrected chi connectivity index (χ2v) is 22.7. The zero-order chi connectivity index (χ0) is 54.2. The van der Waals surface area contributed by atoms with E-state index in [9.17, 15) is 19.0 Å². The molecule has 0 aliphatic heterocycles. The van der Waals surface area contributed by atoms with Crippen molar-refractivity contribution in [2.45, 2.75) is 264 Å². The van der Waals surface area contributed by atoms with Gasteiger partial charge in [0, 0.05) is 12.8 Å². The Hall–Kier alpha value is -2.81. The van der Waals surface area contributed by atoms with Gasteiger partial charge in [-0.3, -0.25) is 14.2 Å². The molecule has 0 aromatic carbocycles. The van der Waals surface area contributed by atoms with E-state index in [1.807, 2.05) is 21.1 Å². The number of carbonyl (C=O) groups is 2. The summed E-state index contributed by atoms with van der Waals surface area (Å²) in [6.45, 7) is 4.09. The van der Waals surface area contributed by atoms with Crippen molar-refractivity contribution in [3.63, 3.8) is 0 Å². The van der Waals surface area contributed by atoms with E-state index in [2.05, 4.69) is 98.9 Å². The van der Waals surface area contributed by atoms with Crippen molar-refractivity contribution in [2.24, 2.45) is 0 Å². The molecule has 2 atom stereocenters. The molecule has 0 aromatic heterocycles. The van der Waals surface area contributed by atoms with Crippen LogP contribution in [0, 0.1) is 0 Å². The predicted molar refractivity (Wildman–Crippen MR) is 314 cm³/mol. The van der Waals surface area contributed by atoms with Gasteiger partial charge in [-0.2, -0.15) is 0 Å². The highest BCUT2D eigenvalue weighted by atomic mass is 31.2. The molecule has 0 radical (unpaired) electrons. The normalized spacial score (nSPS) is 13.9. The Morgan fingerprint density at radius 3 is 1.15 bits per heavy atom. The minimum Gasteiger partial charge on any atom is -0.756 e. The molecule has 0 N–H and O–H groups in total. The maximum absolute atomic E-state index is 12.8. The number of phosphoric ester groups is 1. The fourth-order valence-corrected chi connectivity index (χ4v) is 8.97. The molecule has 0 aromatic rings. The lowest BCUT2D eigenvalue weighted by atomic mass is 10.0. The maximum Gasteiger partial charge on any atom is 0.306 e. The third-order valence-corrected chi connectivity index (χ3v) is 13.9. The van der Waals surface area contributed by atoms with E-state index in [1.54, 1.807) is 0 Å². The van der Waals surface area contributed by atoms with Gasteiger partial charge in [0.15, 0.2) is 6.10 Å². The predicted octanol–water partition coefficient (Wildman–Crippen LogP) is 18.4. The van der Waals surface area contributed by atoms with Gasteiger partial charge in [-0.15, -0.1) is 0 Å². The Balaban J connectivity index is 4.06. The second-order valence-electron chi connectivity index (χ2n) is 21.3. The van der Waals surface area contributed by atoms with E-state index in [4.69, 9.17) is 18.5 Å². The molecule has 0 heterocycles. The molecule has 2 unspecified atom stereocenters. The highest BCUT2D eigenvalue weighted by Gasteiger charge is 2.22. The van der Waals surface area contributed by atoms with Crippen LogP contribution in [-0.4, -0.2) is 70.0 Å². The van der Waals surface area contributed by atoms with Crippen LogP contribution in [0.3, 0.4) is 0 Å². The lowest BCUT2D eigenvalue weighted by molar-refractivity contribution is -0.870. The average Bonchev–Trinajstić information content (AvgIpc) is 3.36.